The summed E-state index contributed by atoms with van der Waals surface area (Å²) >= 11 is 0. The molecule has 2 atom stereocenters. The number of hydrogen-bond acceptors (Lipinski definition) is 6. The fourth-order valence-corrected chi connectivity index (χ4v) is 2.93. The van der Waals surface area contributed by atoms with Crippen LogP contribution >= 0.6 is 0 Å². The van der Waals surface area contributed by atoms with Crippen LogP contribution in [-0.2, 0) is 12.8 Å². The van der Waals surface area contributed by atoms with Gasteiger partial charge in [0.25, 0.3) is 5.91 Å². The van der Waals surface area contributed by atoms with Gasteiger partial charge in [-0.25, -0.2) is 0 Å². The molecule has 0 radical (unpaired) electrons. The summed E-state index contributed by atoms with van der Waals surface area (Å²) in [5.74, 6) is 1.74. The van der Waals surface area contributed by atoms with Crippen molar-refractivity contribution in [1.82, 2.24) is 20.7 Å². The van der Waals surface area contributed by atoms with Crippen molar-refractivity contribution in [3.8, 4) is 0 Å². The lowest BCUT2D eigenvalue weighted by Crippen LogP contribution is -2.33. The van der Waals surface area contributed by atoms with E-state index < -0.39 is 0 Å². The highest BCUT2D eigenvalue weighted by atomic mass is 16.5. The minimum absolute atomic E-state index is 0.115. The molecule has 1 fully saturated rings. The maximum atomic E-state index is 12.1. The molecule has 0 aromatic carbocycles. The zero-order valence-corrected chi connectivity index (χ0v) is 12.8. The summed E-state index contributed by atoms with van der Waals surface area (Å²) in [6.45, 7) is 3.75. The van der Waals surface area contributed by atoms with Crippen molar-refractivity contribution in [3.05, 3.63) is 29.3 Å². The van der Waals surface area contributed by atoms with E-state index in [0.29, 0.717) is 29.0 Å². The number of aromatic nitrogens is 3. The second-order valence-corrected chi connectivity index (χ2v) is 5.81. The first-order valence-corrected chi connectivity index (χ1v) is 7.68. The number of carbonyl (C=O) groups excluding carboxylic acids is 1. The number of nitrogens with zero attached hydrogens (tertiary/aromatic N) is 3. The molecule has 1 aliphatic rings. The van der Waals surface area contributed by atoms with Crippen molar-refractivity contribution in [2.75, 3.05) is 0 Å². The Kier molecular flexibility index (Phi) is 4.22. The summed E-state index contributed by atoms with van der Waals surface area (Å²) in [7, 11) is 0. The SMILES string of the molecule is CCc1nnc(C[C@@H]2CC[C@H](NC(=O)c3conc3C)C2)o1. The summed E-state index contributed by atoms with van der Waals surface area (Å²) in [4.78, 5) is 12.1. The van der Waals surface area contributed by atoms with Gasteiger partial charge in [0.05, 0.1) is 5.69 Å². The monoisotopic (exact) mass is 304 g/mol. The highest BCUT2D eigenvalue weighted by molar-refractivity contribution is 5.94. The van der Waals surface area contributed by atoms with E-state index in [0.717, 1.165) is 32.1 Å². The van der Waals surface area contributed by atoms with Crippen LogP contribution in [0.3, 0.4) is 0 Å². The third kappa shape index (κ3) is 3.18. The number of carbonyl (C=O) groups is 1. The molecule has 7 nitrogen and oxygen atoms in total. The Bertz CT molecular complexity index is 649. The van der Waals surface area contributed by atoms with E-state index in [-0.39, 0.29) is 11.9 Å². The molecule has 7 heteroatoms. The standard InChI is InChI=1S/C15H20N4O3/c1-3-13-17-18-14(22-13)7-10-4-5-11(6-10)16-15(20)12-8-21-19-9(12)2/h8,10-11H,3-7H2,1-2H3,(H,16,20)/t10-,11+/m1/s1. The van der Waals surface area contributed by atoms with Crippen LogP contribution in [-0.4, -0.2) is 27.3 Å². The van der Waals surface area contributed by atoms with Crippen molar-refractivity contribution in [2.45, 2.75) is 52.0 Å². The Morgan fingerprint density at radius 1 is 1.36 bits per heavy atom. The van der Waals surface area contributed by atoms with E-state index in [4.69, 9.17) is 8.94 Å². The second kappa shape index (κ2) is 6.29. The molecule has 22 heavy (non-hydrogen) atoms. The van der Waals surface area contributed by atoms with Crippen molar-refractivity contribution >= 4 is 5.91 Å². The van der Waals surface area contributed by atoms with Gasteiger partial charge in [-0.05, 0) is 32.1 Å². The van der Waals surface area contributed by atoms with Crippen LogP contribution in [0, 0.1) is 12.8 Å². The number of aryl methyl sites for hydroxylation is 2. The first-order chi connectivity index (χ1) is 10.7. The number of amides is 1. The van der Waals surface area contributed by atoms with E-state index in [9.17, 15) is 4.79 Å². The molecular weight excluding hydrogens is 284 g/mol. The van der Waals surface area contributed by atoms with Crippen LogP contribution < -0.4 is 5.32 Å². The van der Waals surface area contributed by atoms with E-state index in [1.54, 1.807) is 6.92 Å². The Morgan fingerprint density at radius 2 is 2.18 bits per heavy atom. The highest BCUT2D eigenvalue weighted by Gasteiger charge is 2.28. The Balaban J connectivity index is 1.52. The maximum Gasteiger partial charge on any atom is 0.256 e. The van der Waals surface area contributed by atoms with Gasteiger partial charge >= 0.3 is 0 Å². The molecule has 0 bridgehead atoms. The largest absolute Gasteiger partial charge is 0.425 e. The average molecular weight is 304 g/mol. The smallest absolute Gasteiger partial charge is 0.256 e. The summed E-state index contributed by atoms with van der Waals surface area (Å²) < 4.78 is 10.4. The maximum absolute atomic E-state index is 12.1. The molecule has 0 unspecified atom stereocenters. The summed E-state index contributed by atoms with van der Waals surface area (Å²) in [5.41, 5.74) is 1.12. The van der Waals surface area contributed by atoms with E-state index >= 15 is 0 Å². The predicted molar refractivity (Wildman–Crippen MR) is 77.2 cm³/mol. The molecule has 2 aromatic rings. The lowest BCUT2D eigenvalue weighted by Gasteiger charge is -2.12. The molecule has 1 aliphatic carbocycles. The minimum atomic E-state index is -0.115. The lowest BCUT2D eigenvalue weighted by molar-refractivity contribution is 0.0936. The van der Waals surface area contributed by atoms with Crippen LogP contribution in [0.4, 0.5) is 0 Å². The fraction of sp³-hybridized carbons (Fsp3) is 0.600. The molecule has 2 aromatic heterocycles. The van der Waals surface area contributed by atoms with Gasteiger partial charge in [-0.15, -0.1) is 10.2 Å². The molecule has 3 rings (SSSR count). The Hall–Kier alpha value is -2.18. The topological polar surface area (TPSA) is 94.1 Å². The first kappa shape index (κ1) is 14.7. The zero-order valence-electron chi connectivity index (χ0n) is 12.8. The van der Waals surface area contributed by atoms with Crippen molar-refractivity contribution < 1.29 is 13.7 Å². The first-order valence-electron chi connectivity index (χ1n) is 7.68. The quantitative estimate of drug-likeness (QED) is 0.908. The van der Waals surface area contributed by atoms with Gasteiger partial charge in [0.1, 0.15) is 11.8 Å². The van der Waals surface area contributed by atoms with Gasteiger partial charge < -0.3 is 14.3 Å². The lowest BCUT2D eigenvalue weighted by atomic mass is 10.0. The molecule has 1 N–H and O–H groups in total. The van der Waals surface area contributed by atoms with Crippen molar-refractivity contribution in [2.24, 2.45) is 5.92 Å². The van der Waals surface area contributed by atoms with Crippen LogP contribution in [0.5, 0.6) is 0 Å². The number of nitrogens with one attached hydrogen (secondary N) is 1. The van der Waals surface area contributed by atoms with Crippen LogP contribution in [0.15, 0.2) is 15.2 Å². The summed E-state index contributed by atoms with van der Waals surface area (Å²) in [5, 5.41) is 14.8. The molecule has 0 saturated heterocycles. The Labute approximate surface area is 128 Å². The summed E-state index contributed by atoms with van der Waals surface area (Å²) in [6, 6.07) is 0.181. The molecule has 0 aliphatic heterocycles. The Morgan fingerprint density at radius 3 is 2.86 bits per heavy atom. The third-order valence-electron chi connectivity index (χ3n) is 4.15. The van der Waals surface area contributed by atoms with E-state index in [2.05, 4.69) is 20.7 Å². The average Bonchev–Trinajstić information content (AvgIpc) is 3.21. The van der Waals surface area contributed by atoms with Gasteiger partial charge in [-0.1, -0.05) is 12.1 Å². The van der Waals surface area contributed by atoms with E-state index in [1.165, 1.54) is 6.26 Å². The van der Waals surface area contributed by atoms with Gasteiger partial charge in [0, 0.05) is 18.9 Å². The molecule has 0 spiro atoms. The second-order valence-electron chi connectivity index (χ2n) is 5.81. The molecule has 1 saturated carbocycles. The highest BCUT2D eigenvalue weighted by Crippen LogP contribution is 2.28. The number of rotatable bonds is 5. The zero-order chi connectivity index (χ0) is 15.5. The van der Waals surface area contributed by atoms with Crippen molar-refractivity contribution in [1.29, 1.82) is 0 Å². The van der Waals surface area contributed by atoms with Gasteiger partial charge in [0.2, 0.25) is 11.8 Å². The van der Waals surface area contributed by atoms with Crippen LogP contribution in [0.25, 0.3) is 0 Å². The minimum Gasteiger partial charge on any atom is -0.425 e. The van der Waals surface area contributed by atoms with Gasteiger partial charge in [-0.3, -0.25) is 4.79 Å². The molecule has 118 valence electrons. The van der Waals surface area contributed by atoms with Crippen LogP contribution in [0.2, 0.25) is 0 Å². The van der Waals surface area contributed by atoms with Gasteiger partial charge in [0.15, 0.2) is 0 Å². The van der Waals surface area contributed by atoms with E-state index in [1.807, 2.05) is 6.92 Å². The molecule has 2 heterocycles. The van der Waals surface area contributed by atoms with Crippen LogP contribution in [0.1, 0.15) is 54.0 Å². The fourth-order valence-electron chi connectivity index (χ4n) is 2.93. The molecular formula is C15H20N4O3. The normalized spacial score (nSPS) is 21.2. The van der Waals surface area contributed by atoms with Crippen molar-refractivity contribution in [3.63, 3.8) is 0 Å². The summed E-state index contributed by atoms with van der Waals surface area (Å²) in [6.07, 6.45) is 5.88. The number of hydrogen-bond donors (Lipinski definition) is 1. The predicted octanol–water partition coefficient (Wildman–Crippen LogP) is 2.07. The van der Waals surface area contributed by atoms with Gasteiger partial charge in [-0.2, -0.15) is 0 Å². The third-order valence-corrected chi connectivity index (χ3v) is 4.15. The molecule has 1 amide bonds.